The first-order valence-electron chi connectivity index (χ1n) is 8.15. The maximum atomic E-state index is 4.44. The largest absolute Gasteiger partial charge is 0.354 e. The first-order chi connectivity index (χ1) is 10.2. The second-order valence-electron chi connectivity index (χ2n) is 5.78. The predicted octanol–water partition coefficient (Wildman–Crippen LogP) is 3.34. The number of aliphatic imine (C=N–C) groups is 1. The van der Waals surface area contributed by atoms with Crippen LogP contribution in [0.5, 0.6) is 0 Å². The Kier molecular flexibility index (Phi) is 6.49. The van der Waals surface area contributed by atoms with Crippen molar-refractivity contribution in [2.75, 3.05) is 7.05 Å². The Balaban J connectivity index is 1.80. The van der Waals surface area contributed by atoms with Crippen molar-refractivity contribution in [2.45, 2.75) is 65.0 Å². The maximum absolute atomic E-state index is 4.44. The minimum Gasteiger partial charge on any atom is -0.354 e. The topological polar surface area (TPSA) is 49.3 Å². The zero-order chi connectivity index (χ0) is 15.1. The number of guanidine groups is 1. The van der Waals surface area contributed by atoms with Gasteiger partial charge >= 0.3 is 0 Å². The van der Waals surface area contributed by atoms with Crippen LogP contribution in [0.25, 0.3) is 0 Å². The minimum atomic E-state index is 0.567. The maximum Gasteiger partial charge on any atom is 0.191 e. The molecule has 21 heavy (non-hydrogen) atoms. The Morgan fingerprint density at radius 2 is 2.29 bits per heavy atom. The van der Waals surface area contributed by atoms with E-state index >= 15 is 0 Å². The highest BCUT2D eigenvalue weighted by atomic mass is 32.1. The van der Waals surface area contributed by atoms with Crippen LogP contribution >= 0.6 is 11.3 Å². The molecule has 2 unspecified atom stereocenters. The van der Waals surface area contributed by atoms with Gasteiger partial charge in [0.15, 0.2) is 5.96 Å². The van der Waals surface area contributed by atoms with E-state index < -0.39 is 0 Å². The molecule has 1 aromatic rings. The van der Waals surface area contributed by atoms with Crippen molar-refractivity contribution >= 4 is 17.3 Å². The summed E-state index contributed by atoms with van der Waals surface area (Å²) in [6.45, 7) is 5.22. The molecule has 0 spiro atoms. The van der Waals surface area contributed by atoms with Crippen LogP contribution in [0.1, 0.15) is 55.8 Å². The van der Waals surface area contributed by atoms with E-state index in [4.69, 9.17) is 0 Å². The first kappa shape index (κ1) is 16.3. The summed E-state index contributed by atoms with van der Waals surface area (Å²) in [5, 5.41) is 8.10. The number of nitrogens with one attached hydrogen (secondary N) is 2. The molecule has 1 saturated carbocycles. The molecular weight excluding hydrogens is 280 g/mol. The fourth-order valence-electron chi connectivity index (χ4n) is 2.93. The third-order valence-electron chi connectivity index (χ3n) is 4.28. The lowest BCUT2D eigenvalue weighted by atomic mass is 9.84. The van der Waals surface area contributed by atoms with Crippen molar-refractivity contribution in [3.8, 4) is 0 Å². The van der Waals surface area contributed by atoms with Gasteiger partial charge in [0.05, 0.1) is 6.54 Å². The molecule has 1 fully saturated rings. The van der Waals surface area contributed by atoms with E-state index in [0.29, 0.717) is 6.04 Å². The van der Waals surface area contributed by atoms with Crippen molar-refractivity contribution in [3.63, 3.8) is 0 Å². The Bertz CT molecular complexity index is 455. The summed E-state index contributed by atoms with van der Waals surface area (Å²) >= 11 is 1.78. The van der Waals surface area contributed by atoms with E-state index in [1.165, 1.54) is 37.0 Å². The van der Waals surface area contributed by atoms with E-state index in [-0.39, 0.29) is 0 Å². The third kappa shape index (κ3) is 4.99. The third-order valence-corrected chi connectivity index (χ3v) is 5.42. The molecule has 0 aromatic carbocycles. The van der Waals surface area contributed by atoms with E-state index in [2.05, 4.69) is 34.5 Å². The second-order valence-corrected chi connectivity index (χ2v) is 6.98. The average Bonchev–Trinajstić information content (AvgIpc) is 2.99. The van der Waals surface area contributed by atoms with Gasteiger partial charge in [0, 0.05) is 24.2 Å². The average molecular weight is 308 g/mol. The standard InChI is InChI=1S/C16H28N4S/c1-4-12-7-6-8-13(9-12)20-16(17-3)19-11-15-18-10-14(5-2)21-15/h10,12-13H,4-9,11H2,1-3H3,(H2,17,19,20). The van der Waals surface area contributed by atoms with Gasteiger partial charge in [-0.2, -0.15) is 0 Å². The number of hydrogen-bond acceptors (Lipinski definition) is 3. The smallest absolute Gasteiger partial charge is 0.191 e. The fraction of sp³-hybridized carbons (Fsp3) is 0.750. The van der Waals surface area contributed by atoms with Gasteiger partial charge in [-0.1, -0.05) is 33.1 Å². The first-order valence-corrected chi connectivity index (χ1v) is 8.97. The molecule has 0 aliphatic heterocycles. The van der Waals surface area contributed by atoms with Crippen molar-refractivity contribution in [1.82, 2.24) is 15.6 Å². The fourth-order valence-corrected chi connectivity index (χ4v) is 3.74. The molecule has 2 N–H and O–H groups in total. The monoisotopic (exact) mass is 308 g/mol. The molecule has 0 saturated heterocycles. The van der Waals surface area contributed by atoms with E-state index in [9.17, 15) is 0 Å². The summed E-state index contributed by atoms with van der Waals surface area (Å²) in [6, 6.07) is 0.567. The van der Waals surface area contributed by atoms with Crippen molar-refractivity contribution in [1.29, 1.82) is 0 Å². The summed E-state index contributed by atoms with van der Waals surface area (Å²) in [7, 11) is 1.84. The van der Waals surface area contributed by atoms with E-state index in [0.717, 1.165) is 29.9 Å². The van der Waals surface area contributed by atoms with Gasteiger partial charge < -0.3 is 10.6 Å². The lowest BCUT2D eigenvalue weighted by molar-refractivity contribution is 0.298. The normalized spacial score (nSPS) is 23.1. The molecule has 1 aromatic heterocycles. The van der Waals surface area contributed by atoms with Gasteiger partial charge in [0.1, 0.15) is 5.01 Å². The zero-order valence-corrected chi connectivity index (χ0v) is 14.3. The molecule has 0 amide bonds. The van der Waals surface area contributed by atoms with Gasteiger partial charge in [-0.05, 0) is 25.2 Å². The van der Waals surface area contributed by atoms with Gasteiger partial charge in [0.25, 0.3) is 0 Å². The quantitative estimate of drug-likeness (QED) is 0.648. The number of hydrogen-bond donors (Lipinski definition) is 2. The van der Waals surface area contributed by atoms with Crippen LogP contribution in [0.2, 0.25) is 0 Å². The Morgan fingerprint density at radius 1 is 1.43 bits per heavy atom. The molecule has 118 valence electrons. The molecule has 1 heterocycles. The molecule has 1 aliphatic carbocycles. The van der Waals surface area contributed by atoms with Gasteiger partial charge in [-0.3, -0.25) is 4.99 Å². The van der Waals surface area contributed by atoms with Gasteiger partial charge in [-0.15, -0.1) is 11.3 Å². The highest BCUT2D eigenvalue weighted by molar-refractivity contribution is 7.11. The van der Waals surface area contributed by atoms with Crippen LogP contribution in [0, 0.1) is 5.92 Å². The number of aryl methyl sites for hydroxylation is 1. The Labute approximate surface area is 132 Å². The summed E-state index contributed by atoms with van der Waals surface area (Å²) < 4.78 is 0. The molecule has 2 atom stereocenters. The number of thiazole rings is 1. The van der Waals surface area contributed by atoms with Crippen LogP contribution in [-0.4, -0.2) is 24.0 Å². The molecule has 0 bridgehead atoms. The number of aromatic nitrogens is 1. The summed E-state index contributed by atoms with van der Waals surface area (Å²) in [6.07, 6.45) is 9.58. The zero-order valence-electron chi connectivity index (χ0n) is 13.5. The van der Waals surface area contributed by atoms with Gasteiger partial charge in [0.2, 0.25) is 0 Å². The lowest BCUT2D eigenvalue weighted by Crippen LogP contribution is -2.45. The van der Waals surface area contributed by atoms with Crippen molar-refractivity contribution in [2.24, 2.45) is 10.9 Å². The molecule has 4 nitrogen and oxygen atoms in total. The van der Waals surface area contributed by atoms with E-state index in [1.54, 1.807) is 11.3 Å². The van der Waals surface area contributed by atoms with Crippen LogP contribution in [0.3, 0.4) is 0 Å². The van der Waals surface area contributed by atoms with Crippen LogP contribution in [0.4, 0.5) is 0 Å². The van der Waals surface area contributed by atoms with Crippen LogP contribution in [0.15, 0.2) is 11.2 Å². The number of nitrogens with zero attached hydrogens (tertiary/aromatic N) is 2. The molecule has 1 aliphatic rings. The summed E-state index contributed by atoms with van der Waals surface area (Å²) in [5.74, 6) is 1.78. The highest BCUT2D eigenvalue weighted by Gasteiger charge is 2.21. The summed E-state index contributed by atoms with van der Waals surface area (Å²) in [4.78, 5) is 10.1. The summed E-state index contributed by atoms with van der Waals surface area (Å²) in [5.41, 5.74) is 0. The second kappa shape index (κ2) is 8.37. The molecule has 5 heteroatoms. The predicted molar refractivity (Wildman–Crippen MR) is 90.9 cm³/mol. The number of rotatable bonds is 5. The molecular formula is C16H28N4S. The molecule has 2 rings (SSSR count). The minimum absolute atomic E-state index is 0.567. The van der Waals surface area contributed by atoms with Gasteiger partial charge in [-0.25, -0.2) is 4.98 Å². The van der Waals surface area contributed by atoms with Crippen molar-refractivity contribution < 1.29 is 0 Å². The SMILES string of the molecule is CCc1cnc(CNC(=NC)NC2CCCC(CC)C2)s1. The molecule has 0 radical (unpaired) electrons. The lowest BCUT2D eigenvalue weighted by Gasteiger charge is -2.30. The highest BCUT2D eigenvalue weighted by Crippen LogP contribution is 2.26. The van der Waals surface area contributed by atoms with E-state index in [1.807, 2.05) is 13.2 Å². The Hall–Kier alpha value is -1.10. The Morgan fingerprint density at radius 3 is 2.95 bits per heavy atom. The van der Waals surface area contributed by atoms with Crippen molar-refractivity contribution in [3.05, 3.63) is 16.1 Å². The van der Waals surface area contributed by atoms with Crippen LogP contribution in [-0.2, 0) is 13.0 Å². The van der Waals surface area contributed by atoms with Crippen LogP contribution < -0.4 is 10.6 Å².